The maximum Gasteiger partial charge on any atom is 0.177 e. The van der Waals surface area contributed by atoms with Crippen LogP contribution in [0.1, 0.15) is 51.6 Å². The van der Waals surface area contributed by atoms with Gasteiger partial charge in [-0.3, -0.25) is 9.00 Å². The van der Waals surface area contributed by atoms with Crippen LogP contribution in [-0.4, -0.2) is 20.3 Å². The molecule has 0 N–H and O–H groups in total. The molecule has 0 spiro atoms. The van der Waals surface area contributed by atoms with Crippen molar-refractivity contribution >= 4 is 16.6 Å². The van der Waals surface area contributed by atoms with E-state index in [-0.39, 0.29) is 11.5 Å². The van der Waals surface area contributed by atoms with Crippen molar-refractivity contribution < 1.29 is 9.00 Å². The minimum Gasteiger partial charge on any atom is -0.351 e. The molecule has 0 amide bonds. The highest BCUT2D eigenvalue weighted by molar-refractivity contribution is 7.85. The van der Waals surface area contributed by atoms with Gasteiger partial charge in [0.1, 0.15) is 0 Å². The molecular weight excluding hydrogens is 306 g/mol. The summed E-state index contributed by atoms with van der Waals surface area (Å²) in [5.74, 6) is 1.19. The second kappa shape index (κ2) is 6.44. The van der Waals surface area contributed by atoms with Crippen LogP contribution in [0.25, 0.3) is 0 Å². The highest BCUT2D eigenvalue weighted by Gasteiger charge is 2.26. The van der Waals surface area contributed by atoms with Gasteiger partial charge in [-0.05, 0) is 49.8 Å². The van der Waals surface area contributed by atoms with Crippen molar-refractivity contribution in [1.82, 2.24) is 4.57 Å². The number of hydrogen-bond acceptors (Lipinski definition) is 2. The van der Waals surface area contributed by atoms with Crippen molar-refractivity contribution in [3.8, 4) is 0 Å². The Morgan fingerprint density at radius 3 is 2.57 bits per heavy atom. The van der Waals surface area contributed by atoms with Crippen molar-refractivity contribution in [3.05, 3.63) is 58.4 Å². The lowest BCUT2D eigenvalue weighted by atomic mass is 10.1. The van der Waals surface area contributed by atoms with E-state index in [1.54, 1.807) is 0 Å². The smallest absolute Gasteiger partial charge is 0.177 e. The molecule has 0 bridgehead atoms. The summed E-state index contributed by atoms with van der Waals surface area (Å²) in [6.07, 6.45) is 2.45. The van der Waals surface area contributed by atoms with Crippen LogP contribution in [0.2, 0.25) is 0 Å². The molecule has 1 aromatic carbocycles. The molecule has 0 aliphatic heterocycles. The van der Waals surface area contributed by atoms with Gasteiger partial charge in [-0.1, -0.05) is 24.3 Å². The molecule has 1 fully saturated rings. The number of hydrogen-bond donors (Lipinski definition) is 0. The zero-order valence-corrected chi connectivity index (χ0v) is 14.8. The van der Waals surface area contributed by atoms with Crippen molar-refractivity contribution in [1.29, 1.82) is 0 Å². The third-order valence-electron chi connectivity index (χ3n) is 4.76. The van der Waals surface area contributed by atoms with E-state index >= 15 is 0 Å². The first kappa shape index (κ1) is 16.2. The fourth-order valence-corrected chi connectivity index (χ4v) is 4.20. The van der Waals surface area contributed by atoms with Crippen molar-refractivity contribution in [2.24, 2.45) is 7.05 Å². The fourth-order valence-electron chi connectivity index (χ4n) is 3.04. The van der Waals surface area contributed by atoms with E-state index in [4.69, 9.17) is 0 Å². The molecule has 4 heteroatoms. The first-order chi connectivity index (χ1) is 11.0. The third kappa shape index (κ3) is 3.47. The van der Waals surface area contributed by atoms with E-state index in [2.05, 4.69) is 6.07 Å². The number of benzene rings is 1. The van der Waals surface area contributed by atoms with Crippen LogP contribution in [0, 0.1) is 13.8 Å². The summed E-state index contributed by atoms with van der Waals surface area (Å²) in [5, 5.41) is 0. The van der Waals surface area contributed by atoms with Crippen LogP contribution in [-0.2, 0) is 23.6 Å². The molecule has 3 nitrogen and oxygen atoms in total. The van der Waals surface area contributed by atoms with Gasteiger partial charge in [0.05, 0.1) is 5.75 Å². The Bertz CT molecular complexity index is 772. The summed E-state index contributed by atoms with van der Waals surface area (Å²) < 4.78 is 14.5. The zero-order chi connectivity index (χ0) is 16.6. The van der Waals surface area contributed by atoms with Crippen LogP contribution in [0.4, 0.5) is 0 Å². The van der Waals surface area contributed by atoms with Gasteiger partial charge in [-0.25, -0.2) is 0 Å². The molecule has 3 rings (SSSR count). The fraction of sp³-hybridized carbons (Fsp3) is 0.421. The lowest BCUT2D eigenvalue weighted by Crippen LogP contribution is -2.13. The van der Waals surface area contributed by atoms with E-state index in [0.717, 1.165) is 17.0 Å². The Kier molecular flexibility index (Phi) is 4.53. The Morgan fingerprint density at radius 1 is 1.26 bits per heavy atom. The summed E-state index contributed by atoms with van der Waals surface area (Å²) >= 11 is 0. The molecule has 1 heterocycles. The number of nitrogens with zero attached hydrogens (tertiary/aromatic N) is 1. The quantitative estimate of drug-likeness (QED) is 0.759. The molecule has 1 aliphatic carbocycles. The van der Waals surface area contributed by atoms with Gasteiger partial charge < -0.3 is 4.57 Å². The molecule has 0 saturated heterocycles. The summed E-state index contributed by atoms with van der Waals surface area (Å²) in [4.78, 5) is 12.5. The van der Waals surface area contributed by atoms with Gasteiger partial charge in [0.25, 0.3) is 0 Å². The van der Waals surface area contributed by atoms with E-state index in [1.807, 2.05) is 49.7 Å². The highest BCUT2D eigenvalue weighted by Crippen LogP contribution is 2.41. The van der Waals surface area contributed by atoms with Gasteiger partial charge in [0.15, 0.2) is 5.78 Å². The Morgan fingerprint density at radius 2 is 1.96 bits per heavy atom. The van der Waals surface area contributed by atoms with Crippen molar-refractivity contribution in [2.75, 3.05) is 5.75 Å². The van der Waals surface area contributed by atoms with Gasteiger partial charge in [0.2, 0.25) is 0 Å². The highest BCUT2D eigenvalue weighted by atomic mass is 32.2. The maximum atomic E-state index is 12.5. The first-order valence-electron chi connectivity index (χ1n) is 8.06. The SMILES string of the molecule is Cc1cc(C(=O)CS(=O)Cc2ccccc2C2CC2)c(C)n1C. The van der Waals surface area contributed by atoms with Crippen LogP contribution in [0.5, 0.6) is 0 Å². The molecule has 0 radical (unpaired) electrons. The summed E-state index contributed by atoms with van der Waals surface area (Å²) in [6, 6.07) is 10.1. The van der Waals surface area contributed by atoms with Gasteiger partial charge in [-0.2, -0.15) is 0 Å². The van der Waals surface area contributed by atoms with Gasteiger partial charge in [0, 0.05) is 40.6 Å². The molecule has 1 aromatic heterocycles. The molecule has 23 heavy (non-hydrogen) atoms. The number of aryl methyl sites for hydroxylation is 1. The van der Waals surface area contributed by atoms with Crippen LogP contribution in [0.3, 0.4) is 0 Å². The van der Waals surface area contributed by atoms with Gasteiger partial charge in [-0.15, -0.1) is 0 Å². The molecule has 122 valence electrons. The Hall–Kier alpha value is -1.68. The second-order valence-electron chi connectivity index (χ2n) is 6.47. The van der Waals surface area contributed by atoms with E-state index in [1.165, 1.54) is 18.4 Å². The average Bonchev–Trinajstić information content (AvgIpc) is 3.32. The second-order valence-corrected chi connectivity index (χ2v) is 7.93. The topological polar surface area (TPSA) is 39.1 Å². The van der Waals surface area contributed by atoms with Crippen molar-refractivity contribution in [2.45, 2.75) is 38.4 Å². The number of rotatable bonds is 6. The van der Waals surface area contributed by atoms with Crippen LogP contribution < -0.4 is 0 Å². The number of ketones is 1. The molecular formula is C19H23NO2S. The summed E-state index contributed by atoms with van der Waals surface area (Å²) in [7, 11) is 0.784. The zero-order valence-electron chi connectivity index (χ0n) is 14.0. The summed E-state index contributed by atoms with van der Waals surface area (Å²) in [6.45, 7) is 3.91. The van der Waals surface area contributed by atoms with Crippen LogP contribution in [0.15, 0.2) is 30.3 Å². The lowest BCUT2D eigenvalue weighted by Gasteiger charge is -2.08. The number of carbonyl (C=O) groups excluding carboxylic acids is 1. The van der Waals surface area contributed by atoms with Gasteiger partial charge >= 0.3 is 0 Å². The lowest BCUT2D eigenvalue weighted by molar-refractivity contribution is 0.102. The number of Topliss-reactive ketones (excluding diaryl/α,β-unsaturated/α-hetero) is 1. The predicted octanol–water partition coefficient (Wildman–Crippen LogP) is 3.65. The first-order valence-corrected chi connectivity index (χ1v) is 9.55. The van der Waals surface area contributed by atoms with Crippen LogP contribution >= 0.6 is 0 Å². The minimum absolute atomic E-state index is 0.0200. The standard InChI is InChI=1S/C19H23NO2S/c1-13-10-18(14(2)20(13)3)19(21)12-23(22)11-16-6-4-5-7-17(16)15-8-9-15/h4-7,10,15H,8-9,11-12H2,1-3H3. The van der Waals surface area contributed by atoms with E-state index in [9.17, 15) is 9.00 Å². The minimum atomic E-state index is -1.17. The van der Waals surface area contributed by atoms with E-state index in [0.29, 0.717) is 17.2 Å². The monoisotopic (exact) mass is 329 g/mol. The third-order valence-corrected chi connectivity index (χ3v) is 5.97. The maximum absolute atomic E-state index is 12.5. The Labute approximate surface area is 140 Å². The van der Waals surface area contributed by atoms with Crippen molar-refractivity contribution in [3.63, 3.8) is 0 Å². The number of carbonyl (C=O) groups is 1. The summed E-state index contributed by atoms with van der Waals surface area (Å²) in [5.41, 5.74) is 5.16. The molecule has 1 unspecified atom stereocenters. The predicted molar refractivity (Wildman–Crippen MR) is 94.3 cm³/mol. The normalized spacial score (nSPS) is 15.6. The average molecular weight is 329 g/mol. The van der Waals surface area contributed by atoms with E-state index < -0.39 is 10.8 Å². The molecule has 1 saturated carbocycles. The molecule has 2 aromatic rings. The Balaban J connectivity index is 1.70. The largest absolute Gasteiger partial charge is 0.351 e. The molecule has 1 atom stereocenters. The molecule has 1 aliphatic rings. The number of aromatic nitrogens is 1.